The van der Waals surface area contributed by atoms with E-state index in [0.29, 0.717) is 13.0 Å². The summed E-state index contributed by atoms with van der Waals surface area (Å²) in [4.78, 5) is 11.4. The Morgan fingerprint density at radius 3 is 2.27 bits per heavy atom. The molecule has 0 rings (SSSR count). The normalized spacial score (nSPS) is 11.8. The molecule has 0 saturated heterocycles. The van der Waals surface area contributed by atoms with Crippen LogP contribution in [0.15, 0.2) is 0 Å². The maximum Gasteiger partial charge on any atom is 0.192 e. The number of nitriles is 2. The molecule has 0 aromatic rings. The predicted octanol–water partition coefficient (Wildman–Crippen LogP) is 0.0653. The van der Waals surface area contributed by atoms with Gasteiger partial charge in [0.25, 0.3) is 0 Å². The molecule has 0 radical (unpaired) electrons. The second kappa shape index (κ2) is 7.93. The van der Waals surface area contributed by atoms with Gasteiger partial charge in [0, 0.05) is 0 Å². The zero-order valence-electron chi connectivity index (χ0n) is 8.65. The molecule has 0 saturated carbocycles. The Bertz CT molecular complexity index is 262. The molecule has 0 spiro atoms. The minimum atomic E-state index is -1.23. The summed E-state index contributed by atoms with van der Waals surface area (Å²) in [5.41, 5.74) is 10.9. The molecule has 0 heterocycles. The first kappa shape index (κ1) is 13.6. The van der Waals surface area contributed by atoms with Crippen molar-refractivity contribution in [3.63, 3.8) is 0 Å². The van der Waals surface area contributed by atoms with Gasteiger partial charge in [-0.25, -0.2) is 0 Å². The Balaban J connectivity index is 3.90. The fourth-order valence-corrected chi connectivity index (χ4v) is 1.20. The van der Waals surface area contributed by atoms with Crippen molar-refractivity contribution in [2.45, 2.75) is 31.7 Å². The van der Waals surface area contributed by atoms with E-state index in [2.05, 4.69) is 0 Å². The first-order chi connectivity index (χ1) is 7.17. The van der Waals surface area contributed by atoms with Gasteiger partial charge in [0.2, 0.25) is 0 Å². The van der Waals surface area contributed by atoms with E-state index in [1.165, 1.54) is 0 Å². The van der Waals surface area contributed by atoms with E-state index in [1.807, 2.05) is 0 Å². The third kappa shape index (κ3) is 5.11. The zero-order chi connectivity index (χ0) is 11.7. The Labute approximate surface area is 89.7 Å². The van der Waals surface area contributed by atoms with E-state index in [9.17, 15) is 4.79 Å². The number of hydrogen-bond acceptors (Lipinski definition) is 5. The molecule has 1 unspecified atom stereocenters. The highest BCUT2D eigenvalue weighted by Crippen LogP contribution is 2.06. The highest BCUT2D eigenvalue weighted by molar-refractivity contribution is 5.90. The first-order valence-electron chi connectivity index (χ1n) is 4.96. The van der Waals surface area contributed by atoms with Crippen molar-refractivity contribution >= 4 is 5.78 Å². The smallest absolute Gasteiger partial charge is 0.192 e. The minimum absolute atomic E-state index is 0.479. The van der Waals surface area contributed by atoms with Crippen molar-refractivity contribution in [1.29, 1.82) is 10.5 Å². The summed E-state index contributed by atoms with van der Waals surface area (Å²) in [5.74, 6) is -1.71. The Kier molecular flexibility index (Phi) is 7.17. The first-order valence-corrected chi connectivity index (χ1v) is 4.96. The summed E-state index contributed by atoms with van der Waals surface area (Å²) < 4.78 is 0. The van der Waals surface area contributed by atoms with Crippen molar-refractivity contribution in [3.05, 3.63) is 0 Å². The van der Waals surface area contributed by atoms with Crippen molar-refractivity contribution in [1.82, 2.24) is 0 Å². The van der Waals surface area contributed by atoms with Crippen LogP contribution < -0.4 is 11.5 Å². The molecule has 0 aliphatic carbocycles. The third-order valence-corrected chi connectivity index (χ3v) is 2.13. The van der Waals surface area contributed by atoms with Crippen LogP contribution in [0.1, 0.15) is 25.7 Å². The second-order valence-corrected chi connectivity index (χ2v) is 3.34. The lowest BCUT2D eigenvalue weighted by Crippen LogP contribution is -2.34. The van der Waals surface area contributed by atoms with E-state index in [-0.39, 0.29) is 0 Å². The van der Waals surface area contributed by atoms with Gasteiger partial charge in [0.15, 0.2) is 11.7 Å². The monoisotopic (exact) mass is 208 g/mol. The van der Waals surface area contributed by atoms with Crippen LogP contribution in [0.3, 0.4) is 0 Å². The average molecular weight is 208 g/mol. The second-order valence-electron chi connectivity index (χ2n) is 3.34. The van der Waals surface area contributed by atoms with E-state index in [4.69, 9.17) is 22.0 Å². The molecular weight excluding hydrogens is 192 g/mol. The fraction of sp³-hybridized carbons (Fsp3) is 0.700. The number of carbonyl (C=O) groups excluding carboxylic acids is 1. The van der Waals surface area contributed by atoms with E-state index >= 15 is 0 Å². The standard InChI is InChI=1S/C10H16N4O/c11-5-3-1-2-4-9(14)10(15)8(6-12)7-13/h8-9H,1-5,11,14H2. The number of nitrogens with zero attached hydrogens (tertiary/aromatic N) is 2. The SMILES string of the molecule is N#CC(C#N)C(=O)C(N)CCCCCN. The van der Waals surface area contributed by atoms with Gasteiger partial charge in [-0.15, -0.1) is 0 Å². The molecule has 0 aliphatic heterocycles. The van der Waals surface area contributed by atoms with Crippen LogP contribution in [0.25, 0.3) is 0 Å². The molecule has 0 aromatic carbocycles. The fourth-order valence-electron chi connectivity index (χ4n) is 1.20. The largest absolute Gasteiger partial charge is 0.330 e. The summed E-state index contributed by atoms with van der Waals surface area (Å²) in [6, 6.07) is 2.54. The highest BCUT2D eigenvalue weighted by atomic mass is 16.1. The summed E-state index contributed by atoms with van der Waals surface area (Å²) >= 11 is 0. The lowest BCUT2D eigenvalue weighted by atomic mass is 9.97. The van der Waals surface area contributed by atoms with E-state index in [1.54, 1.807) is 12.1 Å². The third-order valence-electron chi connectivity index (χ3n) is 2.13. The number of hydrogen-bond donors (Lipinski definition) is 2. The molecule has 0 amide bonds. The molecule has 0 aromatic heterocycles. The van der Waals surface area contributed by atoms with Crippen LogP contribution >= 0.6 is 0 Å². The number of nitrogens with two attached hydrogens (primary N) is 2. The minimum Gasteiger partial charge on any atom is -0.330 e. The molecule has 0 fully saturated rings. The van der Waals surface area contributed by atoms with Crippen molar-refractivity contribution in [3.8, 4) is 12.1 Å². The Morgan fingerprint density at radius 2 is 1.80 bits per heavy atom. The molecule has 15 heavy (non-hydrogen) atoms. The Morgan fingerprint density at radius 1 is 1.20 bits per heavy atom. The van der Waals surface area contributed by atoms with Gasteiger partial charge >= 0.3 is 0 Å². The van der Waals surface area contributed by atoms with Crippen molar-refractivity contribution in [2.75, 3.05) is 6.54 Å². The quantitative estimate of drug-likeness (QED) is 0.574. The van der Waals surface area contributed by atoms with Crippen LogP contribution in [-0.4, -0.2) is 18.4 Å². The number of Topliss-reactive ketones (excluding diaryl/α,β-unsaturated/α-hetero) is 1. The van der Waals surface area contributed by atoms with Crippen LogP contribution in [0.5, 0.6) is 0 Å². The topological polar surface area (TPSA) is 117 Å². The number of ketones is 1. The molecule has 1 atom stereocenters. The van der Waals surface area contributed by atoms with E-state index < -0.39 is 17.7 Å². The lowest BCUT2D eigenvalue weighted by Gasteiger charge is -2.09. The van der Waals surface area contributed by atoms with Crippen LogP contribution in [-0.2, 0) is 4.79 Å². The maximum absolute atomic E-state index is 11.4. The summed E-state index contributed by atoms with van der Waals surface area (Å²) in [6.45, 7) is 0.627. The molecule has 0 aliphatic rings. The average Bonchev–Trinajstić information content (AvgIpc) is 2.25. The van der Waals surface area contributed by atoms with Gasteiger partial charge in [-0.2, -0.15) is 10.5 Å². The van der Waals surface area contributed by atoms with Gasteiger partial charge in [0.1, 0.15) is 0 Å². The van der Waals surface area contributed by atoms with Gasteiger partial charge < -0.3 is 11.5 Å². The molecule has 0 bridgehead atoms. The predicted molar refractivity (Wildman–Crippen MR) is 55.2 cm³/mol. The van der Waals surface area contributed by atoms with E-state index in [0.717, 1.165) is 19.3 Å². The number of carbonyl (C=O) groups is 1. The zero-order valence-corrected chi connectivity index (χ0v) is 8.65. The molecule has 5 nitrogen and oxygen atoms in total. The van der Waals surface area contributed by atoms with Crippen molar-refractivity contribution in [2.24, 2.45) is 17.4 Å². The summed E-state index contributed by atoms with van der Waals surface area (Å²) in [6.07, 6.45) is 3.13. The van der Waals surface area contributed by atoms with Crippen LogP contribution in [0.2, 0.25) is 0 Å². The summed E-state index contributed by atoms with van der Waals surface area (Å²) in [7, 11) is 0. The van der Waals surface area contributed by atoms with Gasteiger partial charge in [0.05, 0.1) is 18.2 Å². The lowest BCUT2D eigenvalue weighted by molar-refractivity contribution is -0.121. The van der Waals surface area contributed by atoms with Crippen LogP contribution in [0, 0.1) is 28.6 Å². The maximum atomic E-state index is 11.4. The molecule has 4 N–H and O–H groups in total. The van der Waals surface area contributed by atoms with Gasteiger partial charge in [-0.3, -0.25) is 4.79 Å². The molecule has 5 heteroatoms. The molecule has 82 valence electrons. The number of unbranched alkanes of at least 4 members (excludes halogenated alkanes) is 2. The molecular formula is C10H16N4O. The highest BCUT2D eigenvalue weighted by Gasteiger charge is 2.23. The number of rotatable bonds is 7. The van der Waals surface area contributed by atoms with Gasteiger partial charge in [-0.1, -0.05) is 12.8 Å². The van der Waals surface area contributed by atoms with Crippen LogP contribution in [0.4, 0.5) is 0 Å². The Hall–Kier alpha value is -1.43. The summed E-state index contributed by atoms with van der Waals surface area (Å²) in [5, 5.41) is 17.0. The van der Waals surface area contributed by atoms with Gasteiger partial charge in [-0.05, 0) is 19.4 Å². The van der Waals surface area contributed by atoms with Crippen molar-refractivity contribution < 1.29 is 4.79 Å².